The molecule has 1 aliphatic rings. The normalized spacial score (nSPS) is 24.1. The SMILES string of the molecule is Cc1sc(Br)cc1C(O)C1CCCOC1. The molecule has 1 N–H and O–H groups in total. The van der Waals surface area contributed by atoms with Crippen molar-refractivity contribution < 1.29 is 9.84 Å². The third kappa shape index (κ3) is 2.61. The van der Waals surface area contributed by atoms with Gasteiger partial charge in [-0.25, -0.2) is 0 Å². The average molecular weight is 291 g/mol. The molecule has 0 aromatic carbocycles. The molecule has 1 saturated heterocycles. The summed E-state index contributed by atoms with van der Waals surface area (Å²) >= 11 is 5.13. The zero-order valence-electron chi connectivity index (χ0n) is 8.70. The molecule has 0 amide bonds. The molecular weight excluding hydrogens is 276 g/mol. The lowest BCUT2D eigenvalue weighted by Gasteiger charge is -2.26. The van der Waals surface area contributed by atoms with Crippen molar-refractivity contribution in [2.45, 2.75) is 25.9 Å². The van der Waals surface area contributed by atoms with E-state index >= 15 is 0 Å². The molecule has 1 fully saturated rings. The summed E-state index contributed by atoms with van der Waals surface area (Å²) in [4.78, 5) is 1.19. The summed E-state index contributed by atoms with van der Waals surface area (Å²) in [5.74, 6) is 0.263. The predicted molar refractivity (Wildman–Crippen MR) is 65.3 cm³/mol. The quantitative estimate of drug-likeness (QED) is 0.906. The van der Waals surface area contributed by atoms with Crippen LogP contribution in [-0.2, 0) is 4.74 Å². The van der Waals surface area contributed by atoms with Gasteiger partial charge in [-0.1, -0.05) is 0 Å². The van der Waals surface area contributed by atoms with Gasteiger partial charge >= 0.3 is 0 Å². The standard InChI is InChI=1S/C11H15BrO2S/c1-7-9(5-10(12)15-7)11(13)8-3-2-4-14-6-8/h5,8,11,13H,2-4,6H2,1H3. The second-order valence-electron chi connectivity index (χ2n) is 3.98. The molecule has 84 valence electrons. The highest BCUT2D eigenvalue weighted by Gasteiger charge is 2.25. The number of thiophene rings is 1. The Bertz CT molecular complexity index is 331. The van der Waals surface area contributed by atoms with E-state index in [1.54, 1.807) is 11.3 Å². The van der Waals surface area contributed by atoms with Gasteiger partial charge in [0.15, 0.2) is 0 Å². The summed E-state index contributed by atoms with van der Waals surface area (Å²) in [5.41, 5.74) is 1.06. The minimum absolute atomic E-state index is 0.263. The molecule has 0 bridgehead atoms. The molecule has 0 aliphatic carbocycles. The van der Waals surface area contributed by atoms with Gasteiger partial charge in [0.2, 0.25) is 0 Å². The number of aryl methyl sites for hydroxylation is 1. The summed E-state index contributed by atoms with van der Waals surface area (Å²) in [5, 5.41) is 10.2. The first-order valence-corrected chi connectivity index (χ1v) is 6.81. The zero-order chi connectivity index (χ0) is 10.8. The van der Waals surface area contributed by atoms with Crippen LogP contribution in [0.1, 0.15) is 29.4 Å². The number of ether oxygens (including phenoxy) is 1. The van der Waals surface area contributed by atoms with Gasteiger partial charge in [-0.15, -0.1) is 11.3 Å². The number of aliphatic hydroxyl groups is 1. The molecule has 1 aliphatic heterocycles. The van der Waals surface area contributed by atoms with Gasteiger partial charge in [0, 0.05) is 17.4 Å². The fraction of sp³-hybridized carbons (Fsp3) is 0.636. The van der Waals surface area contributed by atoms with E-state index in [2.05, 4.69) is 22.9 Å². The topological polar surface area (TPSA) is 29.5 Å². The number of halogens is 1. The van der Waals surface area contributed by atoms with Crippen LogP contribution in [0.15, 0.2) is 9.85 Å². The number of aliphatic hydroxyl groups excluding tert-OH is 1. The second-order valence-corrected chi connectivity index (χ2v) is 6.62. The van der Waals surface area contributed by atoms with Crippen LogP contribution < -0.4 is 0 Å². The van der Waals surface area contributed by atoms with Crippen LogP contribution in [0.4, 0.5) is 0 Å². The van der Waals surface area contributed by atoms with E-state index < -0.39 is 0 Å². The second kappa shape index (κ2) is 4.95. The van der Waals surface area contributed by atoms with Crippen molar-refractivity contribution in [3.8, 4) is 0 Å². The van der Waals surface area contributed by atoms with E-state index in [0.29, 0.717) is 6.61 Å². The van der Waals surface area contributed by atoms with E-state index in [9.17, 15) is 5.11 Å². The maximum atomic E-state index is 10.2. The lowest BCUT2D eigenvalue weighted by atomic mass is 9.91. The molecule has 0 spiro atoms. The Morgan fingerprint density at radius 3 is 3.00 bits per heavy atom. The van der Waals surface area contributed by atoms with Gasteiger partial charge in [-0.3, -0.25) is 0 Å². The zero-order valence-corrected chi connectivity index (χ0v) is 11.1. The first-order chi connectivity index (χ1) is 7.18. The molecule has 4 heteroatoms. The maximum Gasteiger partial charge on any atom is 0.0851 e. The first-order valence-electron chi connectivity index (χ1n) is 5.20. The highest BCUT2D eigenvalue weighted by atomic mass is 79.9. The highest BCUT2D eigenvalue weighted by Crippen LogP contribution is 2.36. The van der Waals surface area contributed by atoms with Crippen LogP contribution in [0.5, 0.6) is 0 Å². The Balaban J connectivity index is 2.12. The Labute approximate surface area is 102 Å². The van der Waals surface area contributed by atoms with Crippen LogP contribution >= 0.6 is 27.3 Å². The van der Waals surface area contributed by atoms with Gasteiger partial charge in [0.05, 0.1) is 16.5 Å². The lowest BCUT2D eigenvalue weighted by molar-refractivity contribution is -0.0100. The van der Waals surface area contributed by atoms with Crippen LogP contribution in [0.3, 0.4) is 0 Å². The van der Waals surface area contributed by atoms with Crippen molar-refractivity contribution in [1.82, 2.24) is 0 Å². The summed E-state index contributed by atoms with van der Waals surface area (Å²) in [6, 6.07) is 2.03. The first kappa shape index (κ1) is 11.6. The Kier molecular flexibility index (Phi) is 3.83. The number of hydrogen-bond donors (Lipinski definition) is 1. The largest absolute Gasteiger partial charge is 0.388 e. The molecule has 15 heavy (non-hydrogen) atoms. The summed E-state index contributed by atoms with van der Waals surface area (Å²) in [6.45, 7) is 3.58. The number of rotatable bonds is 2. The lowest BCUT2D eigenvalue weighted by Crippen LogP contribution is -2.23. The number of hydrogen-bond acceptors (Lipinski definition) is 3. The molecule has 2 heterocycles. The van der Waals surface area contributed by atoms with Gasteiger partial charge in [0.25, 0.3) is 0 Å². The predicted octanol–water partition coefficient (Wildman–Crippen LogP) is 3.28. The van der Waals surface area contributed by atoms with Crippen molar-refractivity contribution in [2.24, 2.45) is 5.92 Å². The minimum Gasteiger partial charge on any atom is -0.388 e. The van der Waals surface area contributed by atoms with Gasteiger partial charge in [-0.05, 0) is 47.3 Å². The monoisotopic (exact) mass is 290 g/mol. The molecule has 1 aromatic heterocycles. The minimum atomic E-state index is -0.368. The van der Waals surface area contributed by atoms with Gasteiger partial charge in [-0.2, -0.15) is 0 Å². The van der Waals surface area contributed by atoms with Gasteiger partial charge in [0.1, 0.15) is 0 Å². The molecule has 2 nitrogen and oxygen atoms in total. The average Bonchev–Trinajstić information content (AvgIpc) is 2.58. The highest BCUT2D eigenvalue weighted by molar-refractivity contribution is 9.11. The third-order valence-electron chi connectivity index (χ3n) is 2.89. The van der Waals surface area contributed by atoms with Crippen LogP contribution in [0.2, 0.25) is 0 Å². The molecule has 2 unspecified atom stereocenters. The van der Waals surface area contributed by atoms with Crippen molar-refractivity contribution >= 4 is 27.3 Å². The molecule has 2 atom stereocenters. The fourth-order valence-electron chi connectivity index (χ4n) is 2.02. The smallest absolute Gasteiger partial charge is 0.0851 e. The van der Waals surface area contributed by atoms with Crippen molar-refractivity contribution in [3.63, 3.8) is 0 Å². The van der Waals surface area contributed by atoms with Crippen LogP contribution in [0, 0.1) is 12.8 Å². The van der Waals surface area contributed by atoms with E-state index in [0.717, 1.165) is 28.8 Å². The summed E-state index contributed by atoms with van der Waals surface area (Å²) in [7, 11) is 0. The van der Waals surface area contributed by atoms with Crippen LogP contribution in [0.25, 0.3) is 0 Å². The van der Waals surface area contributed by atoms with Crippen molar-refractivity contribution in [1.29, 1.82) is 0 Å². The summed E-state index contributed by atoms with van der Waals surface area (Å²) in [6.07, 6.45) is 1.76. The molecule has 2 rings (SSSR count). The van der Waals surface area contributed by atoms with Crippen molar-refractivity contribution in [3.05, 3.63) is 20.3 Å². The molecule has 1 aromatic rings. The Morgan fingerprint density at radius 1 is 1.67 bits per heavy atom. The van der Waals surface area contributed by atoms with Crippen LogP contribution in [-0.4, -0.2) is 18.3 Å². The fourth-order valence-corrected chi connectivity index (χ4v) is 3.77. The van der Waals surface area contributed by atoms with E-state index in [-0.39, 0.29) is 12.0 Å². The van der Waals surface area contributed by atoms with E-state index in [4.69, 9.17) is 4.74 Å². The van der Waals surface area contributed by atoms with E-state index in [1.807, 2.05) is 6.07 Å². The summed E-state index contributed by atoms with van der Waals surface area (Å²) < 4.78 is 6.49. The maximum absolute atomic E-state index is 10.2. The Hall–Kier alpha value is 0.1000. The molecule has 0 saturated carbocycles. The Morgan fingerprint density at radius 2 is 2.47 bits per heavy atom. The van der Waals surface area contributed by atoms with Gasteiger partial charge < -0.3 is 9.84 Å². The van der Waals surface area contributed by atoms with E-state index in [1.165, 1.54) is 4.88 Å². The molecule has 0 radical (unpaired) electrons. The molecular formula is C11H15BrO2S. The van der Waals surface area contributed by atoms with Crippen molar-refractivity contribution in [2.75, 3.05) is 13.2 Å². The third-order valence-corrected chi connectivity index (χ3v) is 4.46.